The first-order valence-electron chi connectivity index (χ1n) is 10.4. The van der Waals surface area contributed by atoms with E-state index in [1.54, 1.807) is 0 Å². The van der Waals surface area contributed by atoms with Gasteiger partial charge in [0.15, 0.2) is 0 Å². The summed E-state index contributed by atoms with van der Waals surface area (Å²) in [6.45, 7) is 17.4. The highest BCUT2D eigenvalue weighted by Gasteiger charge is 2.38. The summed E-state index contributed by atoms with van der Waals surface area (Å²) >= 11 is 0. The Labute approximate surface area is 178 Å². The predicted molar refractivity (Wildman–Crippen MR) is 125 cm³/mol. The van der Waals surface area contributed by atoms with Crippen LogP contribution in [0.4, 0.5) is 0 Å². The first-order valence-corrected chi connectivity index (χ1v) is 14.9. The van der Waals surface area contributed by atoms with Crippen molar-refractivity contribution in [3.63, 3.8) is 0 Å². The van der Waals surface area contributed by atoms with Crippen LogP contribution in [-0.4, -0.2) is 34.6 Å². The Kier molecular flexibility index (Phi) is 9.84. The number of hydrogen-bond acceptors (Lipinski definition) is 5. The summed E-state index contributed by atoms with van der Waals surface area (Å²) in [5, 5.41) is 4.08. The molecule has 1 unspecified atom stereocenters. The molecule has 0 aliphatic heterocycles. The lowest BCUT2D eigenvalue weighted by Gasteiger charge is -2.36. The molecule has 0 saturated carbocycles. The summed E-state index contributed by atoms with van der Waals surface area (Å²) in [5.41, 5.74) is 1.18. The number of rotatable bonds is 11. The normalized spacial score (nSPS) is 14.7. The van der Waals surface area contributed by atoms with Crippen molar-refractivity contribution in [2.45, 2.75) is 72.1 Å². The molecule has 0 aromatic heterocycles. The van der Waals surface area contributed by atoms with Crippen molar-refractivity contribution in [1.82, 2.24) is 5.32 Å². The molecule has 0 aliphatic carbocycles. The third kappa shape index (κ3) is 7.69. The molecule has 1 N–H and O–H groups in total. The van der Waals surface area contributed by atoms with E-state index in [2.05, 4.69) is 51.3 Å². The Balaban J connectivity index is 2.91. The maximum Gasteiger partial charge on any atom is 0.356 e. The van der Waals surface area contributed by atoms with Crippen LogP contribution in [0.25, 0.3) is 0 Å². The van der Waals surface area contributed by atoms with Crippen LogP contribution < -0.4 is 9.74 Å². The summed E-state index contributed by atoms with van der Waals surface area (Å²) < 4.78 is 30.2. The van der Waals surface area contributed by atoms with Gasteiger partial charge in [0.2, 0.25) is 8.32 Å². The molecule has 0 bridgehead atoms. The zero-order valence-corrected chi connectivity index (χ0v) is 21.6. The summed E-state index contributed by atoms with van der Waals surface area (Å²) in [4.78, 5) is 0. The molecule has 1 rings (SSSR count). The standard InChI is InChI=1S/C22H40NO4PSi/c1-10-25-28(24,26-11-2)18(3)16-20(23-7)17-19-12-14-21(15-13-19)27-29(8,9)22(4,5)6/h12-16,20,23H,10-11,17H2,1-9H3/b18-16+. The van der Waals surface area contributed by atoms with Gasteiger partial charge in [0, 0.05) is 11.4 Å². The van der Waals surface area contributed by atoms with E-state index in [0.717, 1.165) is 12.2 Å². The van der Waals surface area contributed by atoms with E-state index in [4.69, 9.17) is 13.5 Å². The maximum absolute atomic E-state index is 12.9. The van der Waals surface area contributed by atoms with Crippen LogP contribution in [0, 0.1) is 0 Å². The first-order chi connectivity index (χ1) is 13.4. The van der Waals surface area contributed by atoms with Gasteiger partial charge < -0.3 is 18.8 Å². The molecule has 0 amide bonds. The lowest BCUT2D eigenvalue weighted by Crippen LogP contribution is -2.43. The largest absolute Gasteiger partial charge is 0.544 e. The smallest absolute Gasteiger partial charge is 0.356 e. The zero-order valence-electron chi connectivity index (χ0n) is 19.7. The highest BCUT2D eigenvalue weighted by Crippen LogP contribution is 2.55. The number of benzene rings is 1. The molecule has 0 aliphatic rings. The molecule has 29 heavy (non-hydrogen) atoms. The lowest BCUT2D eigenvalue weighted by molar-refractivity contribution is 0.226. The second kappa shape index (κ2) is 10.9. The zero-order chi connectivity index (χ0) is 22.3. The van der Waals surface area contributed by atoms with Gasteiger partial charge in [-0.1, -0.05) is 39.0 Å². The number of nitrogens with one attached hydrogen (secondary N) is 1. The van der Waals surface area contributed by atoms with Gasteiger partial charge in [0.25, 0.3) is 0 Å². The van der Waals surface area contributed by atoms with Gasteiger partial charge in [0.1, 0.15) is 5.75 Å². The minimum absolute atomic E-state index is 0.0244. The van der Waals surface area contributed by atoms with Gasteiger partial charge in [-0.05, 0) is 70.1 Å². The van der Waals surface area contributed by atoms with Crippen molar-refractivity contribution >= 4 is 15.9 Å². The van der Waals surface area contributed by atoms with Gasteiger partial charge in [-0.3, -0.25) is 4.57 Å². The highest BCUT2D eigenvalue weighted by atomic mass is 31.2. The molecule has 7 heteroatoms. The van der Waals surface area contributed by atoms with E-state index in [1.165, 1.54) is 5.56 Å². The molecule has 1 aromatic rings. The summed E-state index contributed by atoms with van der Waals surface area (Å²) in [5.74, 6) is 0.922. The second-order valence-corrected chi connectivity index (χ2v) is 15.7. The summed E-state index contributed by atoms with van der Waals surface area (Å²) in [6, 6.07) is 8.31. The van der Waals surface area contributed by atoms with E-state index < -0.39 is 15.9 Å². The Bertz CT molecular complexity index is 701. The van der Waals surface area contributed by atoms with Crippen LogP contribution >= 0.6 is 7.60 Å². The molecule has 0 spiro atoms. The molecular formula is C22H40NO4PSi. The quantitative estimate of drug-likeness (QED) is 0.319. The number of likely N-dealkylation sites (N-methyl/N-ethyl adjacent to an activating group) is 1. The van der Waals surface area contributed by atoms with Gasteiger partial charge in [0.05, 0.1) is 13.2 Å². The number of allylic oxidation sites excluding steroid dienone is 1. The first kappa shape index (κ1) is 26.1. The monoisotopic (exact) mass is 441 g/mol. The van der Waals surface area contributed by atoms with E-state index in [9.17, 15) is 4.57 Å². The van der Waals surface area contributed by atoms with Gasteiger partial charge in [-0.15, -0.1) is 0 Å². The second-order valence-electron chi connectivity index (χ2n) is 8.75. The Morgan fingerprint density at radius 1 is 1.14 bits per heavy atom. The topological polar surface area (TPSA) is 56.8 Å². The maximum atomic E-state index is 12.9. The van der Waals surface area contributed by atoms with E-state index in [0.29, 0.717) is 18.5 Å². The fraction of sp³-hybridized carbons (Fsp3) is 0.636. The van der Waals surface area contributed by atoms with Crippen LogP contribution in [-0.2, 0) is 20.0 Å². The van der Waals surface area contributed by atoms with Crippen molar-refractivity contribution in [3.8, 4) is 5.75 Å². The molecule has 0 fully saturated rings. The van der Waals surface area contributed by atoms with Crippen molar-refractivity contribution in [3.05, 3.63) is 41.2 Å². The van der Waals surface area contributed by atoms with Crippen molar-refractivity contribution < 1.29 is 18.0 Å². The molecule has 1 aromatic carbocycles. The molecule has 166 valence electrons. The van der Waals surface area contributed by atoms with Crippen LogP contribution in [0.1, 0.15) is 47.1 Å². The lowest BCUT2D eigenvalue weighted by atomic mass is 10.1. The highest BCUT2D eigenvalue weighted by molar-refractivity contribution is 7.58. The predicted octanol–water partition coefficient (Wildman–Crippen LogP) is 6.37. The average Bonchev–Trinajstić information content (AvgIpc) is 2.61. The van der Waals surface area contributed by atoms with Crippen LogP contribution in [0.3, 0.4) is 0 Å². The van der Waals surface area contributed by atoms with Crippen molar-refractivity contribution in [2.75, 3.05) is 20.3 Å². The summed E-state index contributed by atoms with van der Waals surface area (Å²) in [7, 11) is -3.17. The fourth-order valence-electron chi connectivity index (χ4n) is 2.60. The molecule has 1 atom stereocenters. The third-order valence-corrected chi connectivity index (χ3v) is 12.0. The van der Waals surface area contributed by atoms with Gasteiger partial charge >= 0.3 is 7.60 Å². The van der Waals surface area contributed by atoms with E-state index in [1.807, 2.05) is 46.0 Å². The molecular weight excluding hydrogens is 401 g/mol. The fourth-order valence-corrected chi connectivity index (χ4v) is 5.16. The van der Waals surface area contributed by atoms with Crippen molar-refractivity contribution in [1.29, 1.82) is 0 Å². The summed E-state index contributed by atoms with van der Waals surface area (Å²) in [6.07, 6.45) is 2.72. The Morgan fingerprint density at radius 3 is 2.07 bits per heavy atom. The third-order valence-electron chi connectivity index (χ3n) is 5.40. The Hall–Kier alpha value is -0.913. The van der Waals surface area contributed by atoms with Crippen LogP contribution in [0.15, 0.2) is 35.7 Å². The molecule has 0 heterocycles. The minimum atomic E-state index is -3.22. The van der Waals surface area contributed by atoms with Crippen molar-refractivity contribution in [2.24, 2.45) is 0 Å². The van der Waals surface area contributed by atoms with Crippen LogP contribution in [0.2, 0.25) is 18.1 Å². The van der Waals surface area contributed by atoms with E-state index in [-0.39, 0.29) is 11.1 Å². The molecule has 0 radical (unpaired) electrons. The van der Waals surface area contributed by atoms with Crippen LogP contribution in [0.5, 0.6) is 5.75 Å². The molecule has 0 saturated heterocycles. The van der Waals surface area contributed by atoms with E-state index >= 15 is 0 Å². The molecule has 5 nitrogen and oxygen atoms in total. The van der Waals surface area contributed by atoms with Gasteiger partial charge in [-0.25, -0.2) is 0 Å². The average molecular weight is 442 g/mol. The number of hydrogen-bond donors (Lipinski definition) is 1. The van der Waals surface area contributed by atoms with Gasteiger partial charge in [-0.2, -0.15) is 0 Å². The SMILES string of the molecule is CCOP(=O)(OCC)/C(C)=C/C(Cc1ccc(O[Si](C)(C)C(C)(C)C)cc1)NC. The minimum Gasteiger partial charge on any atom is -0.544 e. The Morgan fingerprint density at radius 2 is 1.66 bits per heavy atom.